The van der Waals surface area contributed by atoms with E-state index < -0.39 is 0 Å². The number of nitrogen functional groups attached to an aromatic ring is 1. The third-order valence-corrected chi connectivity index (χ3v) is 3.39. The van der Waals surface area contributed by atoms with Crippen LogP contribution in [0.15, 0.2) is 27.2 Å². The molecule has 7 heteroatoms. The highest BCUT2D eigenvalue weighted by Crippen LogP contribution is 2.26. The second-order valence-corrected chi connectivity index (χ2v) is 4.50. The SMILES string of the molecule is CCn1c(Sc2ncc(N)cc2C)n[nH]c1=O. The minimum absolute atomic E-state index is 0.205. The van der Waals surface area contributed by atoms with Crippen LogP contribution < -0.4 is 11.4 Å². The molecule has 0 aliphatic carbocycles. The van der Waals surface area contributed by atoms with E-state index in [1.54, 1.807) is 10.8 Å². The summed E-state index contributed by atoms with van der Waals surface area (Å²) < 4.78 is 1.56. The number of hydrogen-bond acceptors (Lipinski definition) is 5. The van der Waals surface area contributed by atoms with Crippen molar-refractivity contribution in [3.05, 3.63) is 28.3 Å². The Labute approximate surface area is 102 Å². The van der Waals surface area contributed by atoms with Gasteiger partial charge in [-0.1, -0.05) is 0 Å². The molecule has 3 N–H and O–H groups in total. The summed E-state index contributed by atoms with van der Waals surface area (Å²) in [6.45, 7) is 4.39. The molecule has 6 nitrogen and oxygen atoms in total. The Kier molecular flexibility index (Phi) is 3.19. The van der Waals surface area contributed by atoms with E-state index in [4.69, 9.17) is 5.73 Å². The van der Waals surface area contributed by atoms with Gasteiger partial charge in [-0.2, -0.15) is 0 Å². The van der Waals surface area contributed by atoms with E-state index in [1.165, 1.54) is 11.8 Å². The second kappa shape index (κ2) is 4.62. The zero-order valence-corrected chi connectivity index (χ0v) is 10.4. The summed E-state index contributed by atoms with van der Waals surface area (Å²) >= 11 is 1.35. The number of aryl methyl sites for hydroxylation is 1. The maximum Gasteiger partial charge on any atom is 0.343 e. The first kappa shape index (κ1) is 11.7. The van der Waals surface area contributed by atoms with E-state index in [9.17, 15) is 4.79 Å². The zero-order valence-electron chi connectivity index (χ0n) is 9.60. The van der Waals surface area contributed by atoms with Gasteiger partial charge in [0.15, 0.2) is 5.16 Å². The Bertz CT molecular complexity index is 589. The van der Waals surface area contributed by atoms with Gasteiger partial charge >= 0.3 is 5.69 Å². The van der Waals surface area contributed by atoms with Crippen LogP contribution in [0.4, 0.5) is 5.69 Å². The minimum atomic E-state index is -0.205. The molecule has 0 atom stereocenters. The predicted octanol–water partition coefficient (Wildman–Crippen LogP) is 1.03. The Hall–Kier alpha value is -1.76. The topological polar surface area (TPSA) is 89.6 Å². The van der Waals surface area contributed by atoms with Gasteiger partial charge in [0, 0.05) is 6.54 Å². The molecule has 0 saturated carbocycles. The number of aromatic nitrogens is 4. The summed E-state index contributed by atoms with van der Waals surface area (Å²) in [5.41, 5.74) is 7.02. The van der Waals surface area contributed by atoms with Crippen molar-refractivity contribution < 1.29 is 0 Å². The third kappa shape index (κ3) is 2.33. The Morgan fingerprint density at radius 2 is 2.35 bits per heavy atom. The van der Waals surface area contributed by atoms with Crippen LogP contribution in [-0.2, 0) is 6.54 Å². The summed E-state index contributed by atoms with van der Waals surface area (Å²) in [6.07, 6.45) is 1.59. The van der Waals surface area contributed by atoms with Crippen molar-refractivity contribution in [2.45, 2.75) is 30.6 Å². The van der Waals surface area contributed by atoms with Gasteiger partial charge in [-0.25, -0.2) is 14.9 Å². The molecular weight excluding hydrogens is 238 g/mol. The van der Waals surface area contributed by atoms with Crippen LogP contribution in [0.2, 0.25) is 0 Å². The highest BCUT2D eigenvalue weighted by Gasteiger charge is 2.10. The van der Waals surface area contributed by atoms with E-state index >= 15 is 0 Å². The Morgan fingerprint density at radius 1 is 1.59 bits per heavy atom. The summed E-state index contributed by atoms with van der Waals surface area (Å²) in [4.78, 5) is 15.6. The summed E-state index contributed by atoms with van der Waals surface area (Å²) in [5, 5.41) is 7.79. The highest BCUT2D eigenvalue weighted by atomic mass is 32.2. The molecule has 0 aliphatic heterocycles. The first-order chi connectivity index (χ1) is 8.11. The first-order valence-electron chi connectivity index (χ1n) is 5.17. The summed E-state index contributed by atoms with van der Waals surface area (Å²) in [6, 6.07) is 1.84. The lowest BCUT2D eigenvalue weighted by Gasteiger charge is -2.05. The van der Waals surface area contributed by atoms with Crippen LogP contribution in [-0.4, -0.2) is 19.7 Å². The van der Waals surface area contributed by atoms with Crippen molar-refractivity contribution in [2.75, 3.05) is 5.73 Å². The number of hydrogen-bond donors (Lipinski definition) is 2. The summed E-state index contributed by atoms with van der Waals surface area (Å²) in [5.74, 6) is 0. The van der Waals surface area contributed by atoms with E-state index in [1.807, 2.05) is 19.9 Å². The fourth-order valence-corrected chi connectivity index (χ4v) is 2.35. The standard InChI is InChI=1S/C10H13N5OS/c1-3-15-9(16)13-14-10(15)17-8-6(2)4-7(11)5-12-8/h4-5H,3,11H2,1-2H3,(H,13,16). The average molecular weight is 251 g/mol. The van der Waals surface area contributed by atoms with Crippen LogP contribution >= 0.6 is 11.8 Å². The zero-order chi connectivity index (χ0) is 12.4. The average Bonchev–Trinajstić information content (AvgIpc) is 2.63. The van der Waals surface area contributed by atoms with Crippen LogP contribution in [0.25, 0.3) is 0 Å². The lowest BCUT2D eigenvalue weighted by atomic mass is 10.3. The van der Waals surface area contributed by atoms with Gasteiger partial charge in [-0.05, 0) is 37.2 Å². The quantitative estimate of drug-likeness (QED) is 0.850. The Balaban J connectivity index is 2.34. The first-order valence-corrected chi connectivity index (χ1v) is 5.98. The predicted molar refractivity (Wildman–Crippen MR) is 66.0 cm³/mol. The molecule has 0 amide bonds. The molecule has 0 radical (unpaired) electrons. The van der Waals surface area contributed by atoms with Crippen LogP contribution in [0.3, 0.4) is 0 Å². The number of H-pyrrole nitrogens is 1. The van der Waals surface area contributed by atoms with Gasteiger partial charge < -0.3 is 5.73 Å². The minimum Gasteiger partial charge on any atom is -0.397 e. The monoisotopic (exact) mass is 251 g/mol. The van der Waals surface area contributed by atoms with Crippen molar-refractivity contribution in [2.24, 2.45) is 0 Å². The Morgan fingerprint density at radius 3 is 3.00 bits per heavy atom. The van der Waals surface area contributed by atoms with E-state index in [-0.39, 0.29) is 5.69 Å². The molecule has 0 unspecified atom stereocenters. The molecule has 0 aliphatic rings. The van der Waals surface area contributed by atoms with Gasteiger partial charge in [0.2, 0.25) is 0 Å². The number of nitrogens with two attached hydrogens (primary N) is 1. The smallest absolute Gasteiger partial charge is 0.343 e. The van der Waals surface area contributed by atoms with Gasteiger partial charge in [0.25, 0.3) is 0 Å². The van der Waals surface area contributed by atoms with Crippen molar-refractivity contribution in [3.63, 3.8) is 0 Å². The fraction of sp³-hybridized carbons (Fsp3) is 0.300. The van der Waals surface area contributed by atoms with Gasteiger partial charge in [0.1, 0.15) is 5.03 Å². The summed E-state index contributed by atoms with van der Waals surface area (Å²) in [7, 11) is 0. The number of aromatic amines is 1. The van der Waals surface area contributed by atoms with E-state index in [2.05, 4.69) is 15.2 Å². The maximum atomic E-state index is 11.4. The second-order valence-electron chi connectivity index (χ2n) is 3.55. The van der Waals surface area contributed by atoms with Gasteiger partial charge in [-0.15, -0.1) is 5.10 Å². The molecule has 0 fully saturated rings. The number of anilines is 1. The molecule has 17 heavy (non-hydrogen) atoms. The number of pyridine rings is 1. The van der Waals surface area contributed by atoms with Crippen LogP contribution in [0, 0.1) is 6.92 Å². The highest BCUT2D eigenvalue weighted by molar-refractivity contribution is 7.99. The maximum absolute atomic E-state index is 11.4. The van der Waals surface area contributed by atoms with Gasteiger partial charge in [-0.3, -0.25) is 4.57 Å². The third-order valence-electron chi connectivity index (χ3n) is 2.28. The van der Waals surface area contributed by atoms with Crippen molar-refractivity contribution in [1.29, 1.82) is 0 Å². The molecule has 0 saturated heterocycles. The fourth-order valence-electron chi connectivity index (χ4n) is 1.44. The number of nitrogens with zero attached hydrogens (tertiary/aromatic N) is 3. The van der Waals surface area contributed by atoms with Crippen molar-refractivity contribution in [3.8, 4) is 0 Å². The molecule has 2 rings (SSSR count). The lowest BCUT2D eigenvalue weighted by Crippen LogP contribution is -2.16. The number of rotatable bonds is 3. The van der Waals surface area contributed by atoms with Crippen LogP contribution in [0.1, 0.15) is 12.5 Å². The molecule has 0 aromatic carbocycles. The molecule has 0 spiro atoms. The van der Waals surface area contributed by atoms with E-state index in [0.717, 1.165) is 10.6 Å². The molecule has 2 aromatic rings. The molecule has 2 aromatic heterocycles. The molecule has 0 bridgehead atoms. The van der Waals surface area contributed by atoms with Gasteiger partial charge in [0.05, 0.1) is 11.9 Å². The van der Waals surface area contributed by atoms with E-state index in [0.29, 0.717) is 17.4 Å². The molecular formula is C10H13N5OS. The molecule has 90 valence electrons. The largest absolute Gasteiger partial charge is 0.397 e. The van der Waals surface area contributed by atoms with Crippen molar-refractivity contribution in [1.82, 2.24) is 19.7 Å². The lowest BCUT2D eigenvalue weighted by molar-refractivity contribution is 0.660. The van der Waals surface area contributed by atoms with Crippen LogP contribution in [0.5, 0.6) is 0 Å². The molecule has 2 heterocycles. The normalized spacial score (nSPS) is 10.7. The van der Waals surface area contributed by atoms with Crippen molar-refractivity contribution >= 4 is 17.4 Å². The number of nitrogens with one attached hydrogen (secondary N) is 1.